The molecule has 3 rings (SSSR count). The van der Waals surface area contributed by atoms with Crippen LogP contribution in [-0.4, -0.2) is 16.6 Å². The number of nitrogens with zero attached hydrogens (tertiary/aromatic N) is 2. The van der Waals surface area contributed by atoms with Crippen molar-refractivity contribution in [3.63, 3.8) is 0 Å². The lowest BCUT2D eigenvalue weighted by Crippen LogP contribution is -2.16. The van der Waals surface area contributed by atoms with E-state index in [4.69, 9.17) is 4.42 Å². The Morgan fingerprint density at radius 3 is 2.33 bits per heavy atom. The first-order valence-corrected chi connectivity index (χ1v) is 7.84. The number of halogens is 3. The maximum absolute atomic E-state index is 12.1. The van der Waals surface area contributed by atoms with Gasteiger partial charge in [-0.2, -0.15) is 0 Å². The number of benzene rings is 2. The van der Waals surface area contributed by atoms with E-state index < -0.39 is 6.36 Å². The van der Waals surface area contributed by atoms with Gasteiger partial charge in [-0.3, -0.25) is 0 Å². The van der Waals surface area contributed by atoms with Crippen LogP contribution in [0.4, 0.5) is 13.2 Å². The molecule has 1 heterocycles. The number of rotatable bonds is 5. The lowest BCUT2D eigenvalue weighted by molar-refractivity contribution is -0.274. The van der Waals surface area contributed by atoms with Crippen LogP contribution in [0.2, 0.25) is 0 Å². The second kappa shape index (κ2) is 6.96. The van der Waals surface area contributed by atoms with Crippen LogP contribution in [0.1, 0.15) is 5.56 Å². The Bertz CT molecular complexity index is 789. The van der Waals surface area contributed by atoms with Crippen LogP contribution >= 0.6 is 11.8 Å². The Kier molecular flexibility index (Phi) is 4.75. The van der Waals surface area contributed by atoms with Crippen LogP contribution < -0.4 is 4.74 Å². The van der Waals surface area contributed by atoms with Crippen LogP contribution in [-0.2, 0) is 5.75 Å². The SMILES string of the molecule is FC(F)(F)Oc1ccc(-c2nnc(SCc3ccccc3)o2)cc1. The summed E-state index contributed by atoms with van der Waals surface area (Å²) in [6, 6.07) is 15.1. The van der Waals surface area contributed by atoms with Crippen LogP contribution in [0.5, 0.6) is 5.75 Å². The minimum Gasteiger partial charge on any atom is -0.411 e. The molecule has 0 aliphatic heterocycles. The van der Waals surface area contributed by atoms with Crippen molar-refractivity contribution in [1.82, 2.24) is 10.2 Å². The number of thioether (sulfide) groups is 1. The molecule has 4 nitrogen and oxygen atoms in total. The highest BCUT2D eigenvalue weighted by molar-refractivity contribution is 7.98. The summed E-state index contributed by atoms with van der Waals surface area (Å²) < 4.78 is 45.7. The topological polar surface area (TPSA) is 48.2 Å². The fourth-order valence-corrected chi connectivity index (χ4v) is 2.62. The van der Waals surface area contributed by atoms with Crippen molar-refractivity contribution >= 4 is 11.8 Å². The normalized spacial score (nSPS) is 11.5. The van der Waals surface area contributed by atoms with Crippen LogP contribution in [0.15, 0.2) is 64.2 Å². The molecule has 0 saturated carbocycles. The number of aromatic nitrogens is 2. The van der Waals surface area contributed by atoms with Gasteiger partial charge in [0.1, 0.15) is 5.75 Å². The van der Waals surface area contributed by atoms with Crippen molar-refractivity contribution in [1.29, 1.82) is 0 Å². The summed E-state index contributed by atoms with van der Waals surface area (Å²) in [5.41, 5.74) is 1.64. The Morgan fingerprint density at radius 1 is 0.958 bits per heavy atom. The van der Waals surface area contributed by atoms with Gasteiger partial charge < -0.3 is 9.15 Å². The minimum absolute atomic E-state index is 0.240. The zero-order valence-corrected chi connectivity index (χ0v) is 13.0. The van der Waals surface area contributed by atoms with Gasteiger partial charge in [-0.15, -0.1) is 23.4 Å². The smallest absolute Gasteiger partial charge is 0.411 e. The monoisotopic (exact) mass is 352 g/mol. The predicted molar refractivity (Wildman–Crippen MR) is 82.4 cm³/mol. The molecule has 3 aromatic rings. The fourth-order valence-electron chi connectivity index (χ4n) is 1.90. The molecular formula is C16H11F3N2O2S. The highest BCUT2D eigenvalue weighted by atomic mass is 32.2. The number of ether oxygens (including phenoxy) is 1. The molecule has 8 heteroatoms. The van der Waals surface area contributed by atoms with Crippen molar-refractivity contribution in [2.45, 2.75) is 17.3 Å². The van der Waals surface area contributed by atoms with E-state index in [1.54, 1.807) is 0 Å². The molecule has 0 saturated heterocycles. The van der Waals surface area contributed by atoms with Gasteiger partial charge in [0, 0.05) is 11.3 Å². The molecular weight excluding hydrogens is 341 g/mol. The second-order valence-electron chi connectivity index (χ2n) is 4.72. The van der Waals surface area contributed by atoms with Crippen molar-refractivity contribution in [3.8, 4) is 17.2 Å². The summed E-state index contributed by atoms with van der Waals surface area (Å²) >= 11 is 1.39. The third-order valence-electron chi connectivity index (χ3n) is 2.95. The van der Waals surface area contributed by atoms with Crippen LogP contribution in [0.3, 0.4) is 0 Å². The van der Waals surface area contributed by atoms with Gasteiger partial charge in [0.15, 0.2) is 0 Å². The summed E-state index contributed by atoms with van der Waals surface area (Å²) in [5, 5.41) is 8.22. The minimum atomic E-state index is -4.72. The molecule has 0 fully saturated rings. The molecule has 0 amide bonds. The molecule has 0 bridgehead atoms. The lowest BCUT2D eigenvalue weighted by atomic mass is 10.2. The Hall–Kier alpha value is -2.48. The first-order valence-electron chi connectivity index (χ1n) is 6.86. The van der Waals surface area contributed by atoms with E-state index in [9.17, 15) is 13.2 Å². The zero-order chi connectivity index (χ0) is 17.0. The first-order chi connectivity index (χ1) is 11.5. The van der Waals surface area contributed by atoms with Gasteiger partial charge in [-0.1, -0.05) is 42.1 Å². The zero-order valence-electron chi connectivity index (χ0n) is 12.2. The number of alkyl halides is 3. The molecule has 0 unspecified atom stereocenters. The molecule has 0 aliphatic rings. The molecule has 0 radical (unpaired) electrons. The van der Waals surface area contributed by atoms with Gasteiger partial charge in [-0.25, -0.2) is 0 Å². The number of hydrogen-bond acceptors (Lipinski definition) is 5. The highest BCUT2D eigenvalue weighted by Crippen LogP contribution is 2.28. The van der Waals surface area contributed by atoms with Gasteiger partial charge in [0.2, 0.25) is 5.89 Å². The Balaban J connectivity index is 1.64. The summed E-state index contributed by atoms with van der Waals surface area (Å²) in [5.74, 6) is 0.620. The highest BCUT2D eigenvalue weighted by Gasteiger charge is 2.31. The Labute approximate surface area is 139 Å². The fraction of sp³-hybridized carbons (Fsp3) is 0.125. The summed E-state index contributed by atoms with van der Waals surface area (Å²) in [4.78, 5) is 0. The van der Waals surface area contributed by atoms with Crippen molar-refractivity contribution < 1.29 is 22.3 Å². The second-order valence-corrected chi connectivity index (χ2v) is 5.65. The Morgan fingerprint density at radius 2 is 1.67 bits per heavy atom. The van der Waals surface area contributed by atoms with E-state index in [0.717, 1.165) is 5.56 Å². The van der Waals surface area contributed by atoms with Gasteiger partial charge in [-0.05, 0) is 29.8 Å². The quantitative estimate of drug-likeness (QED) is 0.610. The van der Waals surface area contributed by atoms with E-state index in [0.29, 0.717) is 16.5 Å². The van der Waals surface area contributed by atoms with Crippen LogP contribution in [0, 0.1) is 0 Å². The molecule has 124 valence electrons. The van der Waals surface area contributed by atoms with Crippen molar-refractivity contribution in [2.24, 2.45) is 0 Å². The standard InChI is InChI=1S/C16H11F3N2O2S/c17-16(18,19)23-13-8-6-12(7-9-13)14-20-21-15(22-14)24-10-11-4-2-1-3-5-11/h1-9H,10H2. The van der Waals surface area contributed by atoms with E-state index in [1.165, 1.54) is 36.0 Å². The summed E-state index contributed by atoms with van der Waals surface area (Å²) in [6.07, 6.45) is -4.72. The van der Waals surface area contributed by atoms with Gasteiger partial charge >= 0.3 is 6.36 Å². The number of hydrogen-bond donors (Lipinski definition) is 0. The summed E-state index contributed by atoms with van der Waals surface area (Å²) in [7, 11) is 0. The third-order valence-corrected chi connectivity index (χ3v) is 3.84. The summed E-state index contributed by atoms with van der Waals surface area (Å²) in [6.45, 7) is 0. The molecule has 1 aromatic heterocycles. The van der Waals surface area contributed by atoms with Crippen LogP contribution in [0.25, 0.3) is 11.5 Å². The molecule has 0 N–H and O–H groups in total. The maximum Gasteiger partial charge on any atom is 0.573 e. The van der Waals surface area contributed by atoms with E-state index in [-0.39, 0.29) is 11.6 Å². The molecule has 0 spiro atoms. The maximum atomic E-state index is 12.1. The average Bonchev–Trinajstić information content (AvgIpc) is 3.02. The molecule has 24 heavy (non-hydrogen) atoms. The van der Waals surface area contributed by atoms with Gasteiger partial charge in [0.25, 0.3) is 5.22 Å². The van der Waals surface area contributed by atoms with Crippen molar-refractivity contribution in [2.75, 3.05) is 0 Å². The van der Waals surface area contributed by atoms with Gasteiger partial charge in [0.05, 0.1) is 0 Å². The lowest BCUT2D eigenvalue weighted by Gasteiger charge is -2.08. The molecule has 0 atom stereocenters. The third kappa shape index (κ3) is 4.51. The molecule has 2 aromatic carbocycles. The van der Waals surface area contributed by atoms with E-state index in [1.807, 2.05) is 30.3 Å². The average molecular weight is 352 g/mol. The van der Waals surface area contributed by atoms with Crippen molar-refractivity contribution in [3.05, 3.63) is 60.2 Å². The first kappa shape index (κ1) is 16.4. The predicted octanol–water partition coefficient (Wildman–Crippen LogP) is 4.93. The van der Waals surface area contributed by atoms with E-state index in [2.05, 4.69) is 14.9 Å². The molecule has 0 aliphatic carbocycles. The largest absolute Gasteiger partial charge is 0.573 e. The van der Waals surface area contributed by atoms with E-state index >= 15 is 0 Å².